The van der Waals surface area contributed by atoms with E-state index >= 15 is 0 Å². The Morgan fingerprint density at radius 1 is 1.37 bits per heavy atom. The molecule has 1 aromatic rings. The van der Waals surface area contributed by atoms with Gasteiger partial charge in [-0.25, -0.2) is 9.18 Å². The zero-order valence-electron chi connectivity index (χ0n) is 11.7. The van der Waals surface area contributed by atoms with Gasteiger partial charge in [-0.3, -0.25) is 0 Å². The van der Waals surface area contributed by atoms with E-state index in [1.807, 2.05) is 0 Å². The summed E-state index contributed by atoms with van der Waals surface area (Å²) >= 11 is 0. The molecule has 0 saturated heterocycles. The fraction of sp³-hybridized carbons (Fsp3) is 0.500. The van der Waals surface area contributed by atoms with Gasteiger partial charge in [-0.15, -0.1) is 0 Å². The molecule has 1 rings (SSSR count). The van der Waals surface area contributed by atoms with Crippen LogP contribution in [0.2, 0.25) is 0 Å². The van der Waals surface area contributed by atoms with Gasteiger partial charge in [-0.2, -0.15) is 0 Å². The van der Waals surface area contributed by atoms with Crippen LogP contribution in [0.15, 0.2) is 12.1 Å². The smallest absolute Gasteiger partial charge is 0.340 e. The first-order chi connectivity index (χ1) is 8.74. The van der Waals surface area contributed by atoms with Gasteiger partial charge >= 0.3 is 5.97 Å². The summed E-state index contributed by atoms with van der Waals surface area (Å²) in [6.07, 6.45) is 0.768. The molecule has 4 nitrogen and oxygen atoms in total. The summed E-state index contributed by atoms with van der Waals surface area (Å²) in [5, 5.41) is 0. The van der Waals surface area contributed by atoms with Crippen molar-refractivity contribution in [3.63, 3.8) is 0 Å². The summed E-state index contributed by atoms with van der Waals surface area (Å²) in [6, 6.07) is 2.35. The minimum Gasteiger partial charge on any atom is -0.490 e. The third-order valence-electron chi connectivity index (χ3n) is 2.62. The molecular weight excluding hydrogens is 249 g/mol. The number of halogens is 1. The molecule has 5 heteroatoms. The zero-order valence-corrected chi connectivity index (χ0v) is 11.7. The topological polar surface area (TPSA) is 61.5 Å². The third-order valence-corrected chi connectivity index (χ3v) is 2.62. The molecule has 0 heterocycles. The number of rotatable bonds is 4. The number of nitrogens with two attached hydrogens (primary N) is 1. The van der Waals surface area contributed by atoms with Crippen LogP contribution in [0.25, 0.3) is 0 Å². The lowest BCUT2D eigenvalue weighted by Crippen LogP contribution is -2.12. The summed E-state index contributed by atoms with van der Waals surface area (Å²) in [6.45, 7) is 6.56. The summed E-state index contributed by atoms with van der Waals surface area (Å²) < 4.78 is 23.6. The van der Waals surface area contributed by atoms with Crippen LogP contribution in [-0.4, -0.2) is 19.7 Å². The van der Waals surface area contributed by atoms with Crippen molar-refractivity contribution in [3.8, 4) is 5.75 Å². The van der Waals surface area contributed by atoms with Crippen molar-refractivity contribution in [2.75, 3.05) is 19.5 Å². The lowest BCUT2D eigenvalue weighted by Gasteiger charge is -2.18. The second-order valence-electron chi connectivity index (χ2n) is 5.52. The normalized spacial score (nSPS) is 11.2. The van der Waals surface area contributed by atoms with Crippen LogP contribution in [0, 0.1) is 11.2 Å². The van der Waals surface area contributed by atoms with Gasteiger partial charge in [0.05, 0.1) is 19.3 Å². The average molecular weight is 269 g/mol. The maximum absolute atomic E-state index is 13.7. The van der Waals surface area contributed by atoms with E-state index < -0.39 is 11.8 Å². The van der Waals surface area contributed by atoms with Crippen LogP contribution in [-0.2, 0) is 4.74 Å². The number of anilines is 1. The highest BCUT2D eigenvalue weighted by atomic mass is 19.1. The van der Waals surface area contributed by atoms with Gasteiger partial charge < -0.3 is 15.2 Å². The highest BCUT2D eigenvalue weighted by Crippen LogP contribution is 2.26. The van der Waals surface area contributed by atoms with Gasteiger partial charge in [0.15, 0.2) is 11.6 Å². The first-order valence-corrected chi connectivity index (χ1v) is 6.05. The molecule has 0 saturated carbocycles. The number of hydrogen-bond donors (Lipinski definition) is 1. The molecule has 0 atom stereocenters. The van der Waals surface area contributed by atoms with Crippen LogP contribution in [0.4, 0.5) is 10.1 Å². The van der Waals surface area contributed by atoms with Crippen molar-refractivity contribution in [2.45, 2.75) is 27.2 Å². The van der Waals surface area contributed by atoms with Crippen LogP contribution in [0.1, 0.15) is 37.6 Å². The number of hydrogen-bond acceptors (Lipinski definition) is 4. The number of carbonyl (C=O) groups is 1. The lowest BCUT2D eigenvalue weighted by molar-refractivity contribution is 0.0601. The van der Waals surface area contributed by atoms with Crippen molar-refractivity contribution >= 4 is 11.7 Å². The maximum atomic E-state index is 13.7. The molecule has 0 aromatic heterocycles. The molecule has 2 N–H and O–H groups in total. The van der Waals surface area contributed by atoms with Crippen LogP contribution in [0.5, 0.6) is 5.75 Å². The summed E-state index contributed by atoms with van der Waals surface area (Å²) in [7, 11) is 1.24. The molecule has 0 aliphatic heterocycles. The number of methoxy groups -OCH3 is 1. The van der Waals surface area contributed by atoms with Gasteiger partial charge in [0, 0.05) is 11.8 Å². The monoisotopic (exact) mass is 269 g/mol. The van der Waals surface area contributed by atoms with Gasteiger partial charge in [-0.05, 0) is 17.9 Å². The van der Waals surface area contributed by atoms with E-state index in [1.54, 1.807) is 0 Å². The maximum Gasteiger partial charge on any atom is 0.340 e. The molecule has 0 unspecified atom stereocenters. The molecule has 0 aliphatic rings. The number of carbonyl (C=O) groups excluding carboxylic acids is 1. The predicted octanol–water partition coefficient (Wildman–Crippen LogP) is 3.01. The van der Waals surface area contributed by atoms with Gasteiger partial charge in [0.2, 0.25) is 0 Å². The Morgan fingerprint density at radius 3 is 2.53 bits per heavy atom. The second kappa shape index (κ2) is 5.91. The molecule has 0 aliphatic carbocycles. The van der Waals surface area contributed by atoms with Gasteiger partial charge in [0.1, 0.15) is 0 Å². The van der Waals surface area contributed by atoms with Crippen molar-refractivity contribution in [2.24, 2.45) is 5.41 Å². The first-order valence-electron chi connectivity index (χ1n) is 6.05. The highest BCUT2D eigenvalue weighted by molar-refractivity contribution is 5.95. The third kappa shape index (κ3) is 4.43. The SMILES string of the molecule is COC(=O)c1cc(OCCC(C)(C)C)c(F)cc1N. The van der Waals surface area contributed by atoms with E-state index in [4.69, 9.17) is 10.5 Å². The van der Waals surface area contributed by atoms with Crippen molar-refractivity contribution in [1.82, 2.24) is 0 Å². The molecular formula is C14H20FNO3. The molecule has 0 radical (unpaired) electrons. The van der Waals surface area contributed by atoms with Crippen LogP contribution in [0.3, 0.4) is 0 Å². The summed E-state index contributed by atoms with van der Waals surface area (Å²) in [4.78, 5) is 11.5. The Labute approximate surface area is 112 Å². The van der Waals surface area contributed by atoms with Gasteiger partial charge in [0.25, 0.3) is 0 Å². The zero-order chi connectivity index (χ0) is 14.6. The molecule has 19 heavy (non-hydrogen) atoms. The van der Waals surface area contributed by atoms with E-state index in [1.165, 1.54) is 13.2 Å². The van der Waals surface area contributed by atoms with E-state index in [0.29, 0.717) is 6.61 Å². The van der Waals surface area contributed by atoms with Crippen LogP contribution >= 0.6 is 0 Å². The number of ether oxygens (including phenoxy) is 2. The van der Waals surface area contributed by atoms with Crippen LogP contribution < -0.4 is 10.5 Å². The quantitative estimate of drug-likeness (QED) is 0.674. The fourth-order valence-corrected chi connectivity index (χ4v) is 1.43. The minimum absolute atomic E-state index is 0.0128. The number of nitrogen functional groups attached to an aromatic ring is 1. The standard InChI is InChI=1S/C14H20FNO3/c1-14(2,3)5-6-19-12-7-9(13(17)18-4)11(16)8-10(12)15/h7-8H,5-6,16H2,1-4H3. The fourth-order valence-electron chi connectivity index (χ4n) is 1.43. The summed E-state index contributed by atoms with van der Waals surface area (Å²) in [5.74, 6) is -1.18. The van der Waals surface area contributed by atoms with Crippen molar-refractivity contribution < 1.29 is 18.7 Å². The Bertz CT molecular complexity index is 466. The molecule has 0 amide bonds. The largest absolute Gasteiger partial charge is 0.490 e. The number of benzene rings is 1. The minimum atomic E-state index is -0.613. The molecule has 0 bridgehead atoms. The Kier molecular flexibility index (Phi) is 4.75. The first kappa shape index (κ1) is 15.3. The lowest BCUT2D eigenvalue weighted by atomic mass is 9.93. The summed E-state index contributed by atoms with van der Waals surface area (Å²) in [5.41, 5.74) is 5.80. The Morgan fingerprint density at radius 2 is 2.00 bits per heavy atom. The molecule has 0 fully saturated rings. The van der Waals surface area contributed by atoms with E-state index in [9.17, 15) is 9.18 Å². The predicted molar refractivity (Wildman–Crippen MR) is 71.7 cm³/mol. The second-order valence-corrected chi connectivity index (χ2v) is 5.52. The molecule has 1 aromatic carbocycles. The number of esters is 1. The Balaban J connectivity index is 2.86. The highest BCUT2D eigenvalue weighted by Gasteiger charge is 2.16. The Hall–Kier alpha value is -1.78. The molecule has 0 spiro atoms. The van der Waals surface area contributed by atoms with Gasteiger partial charge in [-0.1, -0.05) is 20.8 Å². The van der Waals surface area contributed by atoms with E-state index in [2.05, 4.69) is 25.5 Å². The molecule has 106 valence electrons. The van der Waals surface area contributed by atoms with Crippen molar-refractivity contribution in [3.05, 3.63) is 23.5 Å². The average Bonchev–Trinajstić information content (AvgIpc) is 2.29. The van der Waals surface area contributed by atoms with Crippen molar-refractivity contribution in [1.29, 1.82) is 0 Å². The van der Waals surface area contributed by atoms with E-state index in [0.717, 1.165) is 12.5 Å². The van der Waals surface area contributed by atoms with E-state index in [-0.39, 0.29) is 22.4 Å².